The van der Waals surface area contributed by atoms with E-state index in [1.165, 1.54) is 32.1 Å². The predicted molar refractivity (Wildman–Crippen MR) is 80.5 cm³/mol. The molecule has 4 heteroatoms. The van der Waals surface area contributed by atoms with E-state index < -0.39 is 0 Å². The molecule has 2 rings (SSSR count). The molecule has 2 N–H and O–H groups in total. The third kappa shape index (κ3) is 4.11. The summed E-state index contributed by atoms with van der Waals surface area (Å²) in [4.78, 5) is 14.1. The molecule has 20 heavy (non-hydrogen) atoms. The highest BCUT2D eigenvalue weighted by Crippen LogP contribution is 2.32. The standard InChI is InChI=1S/C16H30N2O2/c1-12(14-6-4-3-5-7-14)13(2)17-16(20)18(10-11-19)15-8-9-15/h12-15,19H,3-11H2,1-2H3,(H,17,20). The molecule has 2 fully saturated rings. The summed E-state index contributed by atoms with van der Waals surface area (Å²) in [6.07, 6.45) is 8.84. The monoisotopic (exact) mass is 282 g/mol. The van der Waals surface area contributed by atoms with Crippen LogP contribution in [0.25, 0.3) is 0 Å². The lowest BCUT2D eigenvalue weighted by molar-refractivity contribution is 0.160. The maximum absolute atomic E-state index is 12.3. The van der Waals surface area contributed by atoms with Crippen molar-refractivity contribution >= 4 is 6.03 Å². The minimum atomic E-state index is 0.0108. The topological polar surface area (TPSA) is 52.6 Å². The molecule has 0 aromatic heterocycles. The fourth-order valence-corrected chi connectivity index (χ4v) is 3.42. The molecule has 2 atom stereocenters. The average molecular weight is 282 g/mol. The summed E-state index contributed by atoms with van der Waals surface area (Å²) in [7, 11) is 0. The van der Waals surface area contributed by atoms with Crippen LogP contribution in [0.15, 0.2) is 0 Å². The summed E-state index contributed by atoms with van der Waals surface area (Å²) in [5.74, 6) is 1.29. The molecule has 116 valence electrons. The van der Waals surface area contributed by atoms with E-state index in [0.29, 0.717) is 18.5 Å². The Kier molecular flexibility index (Phi) is 5.70. The van der Waals surface area contributed by atoms with Crippen molar-refractivity contribution in [3.63, 3.8) is 0 Å². The number of amides is 2. The second-order valence-corrected chi connectivity index (χ2v) is 6.64. The Labute approximate surface area is 122 Å². The number of hydrogen-bond donors (Lipinski definition) is 2. The van der Waals surface area contributed by atoms with Gasteiger partial charge in [-0.05, 0) is 31.6 Å². The van der Waals surface area contributed by atoms with Crippen LogP contribution in [0.2, 0.25) is 0 Å². The Morgan fingerprint density at radius 2 is 1.85 bits per heavy atom. The van der Waals surface area contributed by atoms with Crippen molar-refractivity contribution in [1.82, 2.24) is 10.2 Å². The number of aliphatic hydroxyl groups excluding tert-OH is 1. The van der Waals surface area contributed by atoms with Gasteiger partial charge in [-0.2, -0.15) is 0 Å². The lowest BCUT2D eigenvalue weighted by atomic mass is 9.78. The quantitative estimate of drug-likeness (QED) is 0.787. The van der Waals surface area contributed by atoms with E-state index in [2.05, 4.69) is 19.2 Å². The van der Waals surface area contributed by atoms with Crippen LogP contribution in [0.1, 0.15) is 58.8 Å². The summed E-state index contributed by atoms with van der Waals surface area (Å²) < 4.78 is 0. The maximum atomic E-state index is 12.3. The normalized spacial score (nSPS) is 23.1. The number of rotatable bonds is 6. The largest absolute Gasteiger partial charge is 0.395 e. The number of aliphatic hydroxyl groups is 1. The number of hydrogen-bond acceptors (Lipinski definition) is 2. The summed E-state index contributed by atoms with van der Waals surface area (Å²) in [6, 6.07) is 0.585. The van der Waals surface area contributed by atoms with Gasteiger partial charge in [0, 0.05) is 18.6 Å². The summed E-state index contributed by atoms with van der Waals surface area (Å²) in [6.45, 7) is 4.91. The van der Waals surface area contributed by atoms with Gasteiger partial charge in [-0.25, -0.2) is 4.79 Å². The molecule has 2 amide bonds. The van der Waals surface area contributed by atoms with Gasteiger partial charge in [0.05, 0.1) is 6.61 Å². The lowest BCUT2D eigenvalue weighted by Gasteiger charge is -2.33. The van der Waals surface area contributed by atoms with Gasteiger partial charge in [0.1, 0.15) is 0 Å². The maximum Gasteiger partial charge on any atom is 0.317 e. The van der Waals surface area contributed by atoms with E-state index >= 15 is 0 Å². The van der Waals surface area contributed by atoms with E-state index in [1.54, 1.807) is 0 Å². The van der Waals surface area contributed by atoms with Gasteiger partial charge in [0.2, 0.25) is 0 Å². The Bertz CT molecular complexity index is 312. The number of urea groups is 1. The van der Waals surface area contributed by atoms with Crippen molar-refractivity contribution in [2.45, 2.75) is 70.9 Å². The molecular formula is C16H30N2O2. The van der Waals surface area contributed by atoms with Crippen LogP contribution in [-0.4, -0.2) is 41.3 Å². The molecule has 0 aromatic carbocycles. The van der Waals surface area contributed by atoms with Crippen molar-refractivity contribution in [2.24, 2.45) is 11.8 Å². The van der Waals surface area contributed by atoms with Gasteiger partial charge >= 0.3 is 6.03 Å². The van der Waals surface area contributed by atoms with Gasteiger partial charge in [-0.3, -0.25) is 0 Å². The first-order valence-electron chi connectivity index (χ1n) is 8.31. The fourth-order valence-electron chi connectivity index (χ4n) is 3.42. The van der Waals surface area contributed by atoms with Gasteiger partial charge < -0.3 is 15.3 Å². The molecule has 0 saturated heterocycles. The first-order chi connectivity index (χ1) is 9.63. The van der Waals surface area contributed by atoms with Crippen molar-refractivity contribution in [2.75, 3.05) is 13.2 Å². The Hall–Kier alpha value is -0.770. The number of carbonyl (C=O) groups excluding carboxylic acids is 1. The zero-order valence-electron chi connectivity index (χ0n) is 13.0. The van der Waals surface area contributed by atoms with Crippen molar-refractivity contribution in [1.29, 1.82) is 0 Å². The molecule has 2 aliphatic carbocycles. The minimum Gasteiger partial charge on any atom is -0.395 e. The molecule has 2 saturated carbocycles. The van der Waals surface area contributed by atoms with Crippen LogP contribution in [0.4, 0.5) is 4.79 Å². The second kappa shape index (κ2) is 7.30. The van der Waals surface area contributed by atoms with E-state index in [0.717, 1.165) is 18.8 Å². The highest BCUT2D eigenvalue weighted by Gasteiger charge is 2.33. The van der Waals surface area contributed by atoms with E-state index in [4.69, 9.17) is 5.11 Å². The van der Waals surface area contributed by atoms with Crippen LogP contribution in [-0.2, 0) is 0 Å². The Morgan fingerprint density at radius 1 is 1.20 bits per heavy atom. The van der Waals surface area contributed by atoms with Crippen LogP contribution in [0, 0.1) is 11.8 Å². The highest BCUT2D eigenvalue weighted by atomic mass is 16.3. The third-order valence-electron chi connectivity index (χ3n) is 5.12. The highest BCUT2D eigenvalue weighted by molar-refractivity contribution is 5.75. The molecular weight excluding hydrogens is 252 g/mol. The zero-order chi connectivity index (χ0) is 14.5. The van der Waals surface area contributed by atoms with Crippen LogP contribution >= 0.6 is 0 Å². The number of nitrogens with one attached hydrogen (secondary N) is 1. The van der Waals surface area contributed by atoms with E-state index in [1.807, 2.05) is 4.90 Å². The molecule has 0 heterocycles. The van der Waals surface area contributed by atoms with E-state index in [-0.39, 0.29) is 18.7 Å². The Morgan fingerprint density at radius 3 is 2.40 bits per heavy atom. The van der Waals surface area contributed by atoms with Gasteiger partial charge in [0.15, 0.2) is 0 Å². The summed E-state index contributed by atoms with van der Waals surface area (Å²) in [5.41, 5.74) is 0. The summed E-state index contributed by atoms with van der Waals surface area (Å²) in [5, 5.41) is 12.2. The zero-order valence-corrected chi connectivity index (χ0v) is 13.0. The molecule has 0 bridgehead atoms. The predicted octanol–water partition coefficient (Wildman–Crippen LogP) is 2.76. The van der Waals surface area contributed by atoms with Crippen molar-refractivity contribution in [3.8, 4) is 0 Å². The second-order valence-electron chi connectivity index (χ2n) is 6.64. The first kappa shape index (κ1) is 15.6. The lowest BCUT2D eigenvalue weighted by Crippen LogP contribution is -2.48. The molecule has 2 aliphatic rings. The number of carbonyl (C=O) groups is 1. The minimum absolute atomic E-state index is 0.0108. The van der Waals surface area contributed by atoms with E-state index in [9.17, 15) is 4.79 Å². The first-order valence-corrected chi connectivity index (χ1v) is 8.31. The molecule has 0 spiro atoms. The van der Waals surface area contributed by atoms with Gasteiger partial charge in [-0.15, -0.1) is 0 Å². The molecule has 0 aliphatic heterocycles. The smallest absolute Gasteiger partial charge is 0.317 e. The van der Waals surface area contributed by atoms with Crippen LogP contribution in [0.3, 0.4) is 0 Å². The average Bonchev–Trinajstić information content (AvgIpc) is 3.29. The molecule has 4 nitrogen and oxygen atoms in total. The SMILES string of the molecule is CC(NC(=O)N(CCO)C1CC1)C(C)C1CCCCC1. The molecule has 0 aromatic rings. The van der Waals surface area contributed by atoms with Crippen LogP contribution in [0.5, 0.6) is 0 Å². The summed E-state index contributed by atoms with van der Waals surface area (Å²) >= 11 is 0. The Balaban J connectivity index is 1.82. The van der Waals surface area contributed by atoms with Gasteiger partial charge in [0.25, 0.3) is 0 Å². The van der Waals surface area contributed by atoms with Crippen molar-refractivity contribution in [3.05, 3.63) is 0 Å². The molecule has 0 radical (unpaired) electrons. The number of nitrogens with zero attached hydrogens (tertiary/aromatic N) is 1. The fraction of sp³-hybridized carbons (Fsp3) is 0.938. The van der Waals surface area contributed by atoms with Gasteiger partial charge in [-0.1, -0.05) is 39.0 Å². The van der Waals surface area contributed by atoms with Crippen molar-refractivity contribution < 1.29 is 9.90 Å². The third-order valence-corrected chi connectivity index (χ3v) is 5.12. The molecule has 2 unspecified atom stereocenters. The van der Waals surface area contributed by atoms with Crippen LogP contribution < -0.4 is 5.32 Å².